The lowest BCUT2D eigenvalue weighted by atomic mass is 9.95. The molecule has 2 aromatic carbocycles. The van der Waals surface area contributed by atoms with Crippen molar-refractivity contribution in [3.05, 3.63) is 59.0 Å². The molecule has 4 rings (SSSR count). The predicted molar refractivity (Wildman–Crippen MR) is 112 cm³/mol. The summed E-state index contributed by atoms with van der Waals surface area (Å²) in [7, 11) is 1.61. The number of carbonyl (C=O) groups excluding carboxylic acids is 2. The molecule has 1 saturated heterocycles. The van der Waals surface area contributed by atoms with Crippen LogP contribution in [-0.4, -0.2) is 36.9 Å². The lowest BCUT2D eigenvalue weighted by Gasteiger charge is -2.15. The second-order valence-corrected chi connectivity index (χ2v) is 8.03. The lowest BCUT2D eigenvalue weighted by Crippen LogP contribution is -2.25. The van der Waals surface area contributed by atoms with Gasteiger partial charge in [-0.15, -0.1) is 11.3 Å². The van der Waals surface area contributed by atoms with Gasteiger partial charge in [0.25, 0.3) is 5.91 Å². The summed E-state index contributed by atoms with van der Waals surface area (Å²) >= 11 is 1.52. The Balaban J connectivity index is 1.68. The average molecular weight is 394 g/mol. The molecular formula is C22H22N2O3S. The molecule has 1 unspecified atom stereocenters. The number of hydrogen-bond donors (Lipinski definition) is 1. The van der Waals surface area contributed by atoms with Crippen LogP contribution >= 0.6 is 11.3 Å². The van der Waals surface area contributed by atoms with E-state index in [1.165, 1.54) is 11.3 Å². The summed E-state index contributed by atoms with van der Waals surface area (Å²) in [4.78, 5) is 27.5. The minimum atomic E-state index is -0.109. The van der Waals surface area contributed by atoms with Gasteiger partial charge in [-0.1, -0.05) is 18.2 Å². The quantitative estimate of drug-likeness (QED) is 0.709. The van der Waals surface area contributed by atoms with Crippen LogP contribution in [0.15, 0.2) is 48.5 Å². The molecule has 2 heterocycles. The van der Waals surface area contributed by atoms with Crippen LogP contribution in [-0.2, 0) is 4.79 Å². The lowest BCUT2D eigenvalue weighted by molar-refractivity contribution is -0.127. The molecule has 3 aromatic rings. The van der Waals surface area contributed by atoms with Gasteiger partial charge in [0.1, 0.15) is 5.75 Å². The van der Waals surface area contributed by atoms with Crippen LogP contribution in [0.25, 0.3) is 10.1 Å². The third-order valence-electron chi connectivity index (χ3n) is 5.23. The van der Waals surface area contributed by atoms with Crippen molar-refractivity contribution in [2.24, 2.45) is 0 Å². The first-order valence-electron chi connectivity index (χ1n) is 9.29. The van der Waals surface area contributed by atoms with Gasteiger partial charge in [-0.3, -0.25) is 9.59 Å². The molecule has 1 fully saturated rings. The van der Waals surface area contributed by atoms with Crippen LogP contribution in [0.5, 0.6) is 5.75 Å². The van der Waals surface area contributed by atoms with Crippen molar-refractivity contribution < 1.29 is 14.3 Å². The monoisotopic (exact) mass is 394 g/mol. The first kappa shape index (κ1) is 18.5. The van der Waals surface area contributed by atoms with Gasteiger partial charge >= 0.3 is 0 Å². The molecule has 0 saturated carbocycles. The maximum Gasteiger partial charge on any atom is 0.266 e. The Bertz CT molecular complexity index is 1030. The first-order valence-corrected chi connectivity index (χ1v) is 10.1. The Kier molecular flexibility index (Phi) is 5.05. The zero-order valence-corrected chi connectivity index (χ0v) is 16.7. The number of ether oxygens (including phenoxy) is 1. The zero-order chi connectivity index (χ0) is 19.7. The number of amides is 2. The van der Waals surface area contributed by atoms with Gasteiger partial charge in [-0.25, -0.2) is 0 Å². The second kappa shape index (κ2) is 7.64. The maximum atomic E-state index is 13.1. The Morgan fingerprint density at radius 3 is 2.57 bits per heavy atom. The molecule has 2 amide bonds. The molecule has 1 atom stereocenters. The van der Waals surface area contributed by atoms with Crippen molar-refractivity contribution in [3.8, 4) is 5.75 Å². The summed E-state index contributed by atoms with van der Waals surface area (Å²) in [5, 5.41) is 4.12. The molecule has 0 bridgehead atoms. The third kappa shape index (κ3) is 3.47. The van der Waals surface area contributed by atoms with E-state index in [2.05, 4.69) is 11.4 Å². The molecule has 1 N–H and O–H groups in total. The maximum absolute atomic E-state index is 13.1. The van der Waals surface area contributed by atoms with Crippen LogP contribution < -0.4 is 10.1 Å². The van der Waals surface area contributed by atoms with Crippen LogP contribution in [0, 0.1) is 0 Å². The van der Waals surface area contributed by atoms with E-state index in [1.54, 1.807) is 14.0 Å². The smallest absolute Gasteiger partial charge is 0.266 e. The number of anilines is 1. The van der Waals surface area contributed by atoms with Crippen LogP contribution in [0.2, 0.25) is 0 Å². The number of nitrogens with zero attached hydrogens (tertiary/aromatic N) is 1. The number of likely N-dealkylation sites (tertiary alicyclic amines) is 1. The molecule has 28 heavy (non-hydrogen) atoms. The summed E-state index contributed by atoms with van der Waals surface area (Å²) in [5.41, 5.74) is 1.79. The zero-order valence-electron chi connectivity index (χ0n) is 15.9. The van der Waals surface area contributed by atoms with Crippen molar-refractivity contribution in [1.29, 1.82) is 0 Å². The van der Waals surface area contributed by atoms with E-state index in [4.69, 9.17) is 4.74 Å². The average Bonchev–Trinajstić information content (AvgIpc) is 3.33. The number of thiophene rings is 1. The fourth-order valence-corrected chi connectivity index (χ4v) is 4.97. The summed E-state index contributed by atoms with van der Waals surface area (Å²) in [6.45, 7) is 3.01. The summed E-state index contributed by atoms with van der Waals surface area (Å²) in [6, 6.07) is 15.4. The van der Waals surface area contributed by atoms with Gasteiger partial charge in [0.15, 0.2) is 0 Å². The van der Waals surface area contributed by atoms with E-state index in [0.29, 0.717) is 6.54 Å². The predicted octanol–water partition coefficient (Wildman–Crippen LogP) is 4.50. The highest BCUT2D eigenvalue weighted by Crippen LogP contribution is 2.40. The highest BCUT2D eigenvalue weighted by atomic mass is 32.1. The van der Waals surface area contributed by atoms with Crippen molar-refractivity contribution in [2.45, 2.75) is 19.3 Å². The molecule has 5 nitrogen and oxygen atoms in total. The SMILES string of the molecule is COc1ccc(NC(=O)c2sc3ccccc3c2C2CCN(C(C)=O)C2)cc1. The molecular weight excluding hydrogens is 372 g/mol. The second-order valence-electron chi connectivity index (χ2n) is 6.97. The number of carbonyl (C=O) groups is 2. The van der Waals surface area contributed by atoms with Crippen LogP contribution in [0.3, 0.4) is 0 Å². The number of fused-ring (bicyclic) bond motifs is 1. The van der Waals surface area contributed by atoms with Crippen LogP contribution in [0.4, 0.5) is 5.69 Å². The van der Waals surface area contributed by atoms with Crippen molar-refractivity contribution in [1.82, 2.24) is 4.90 Å². The fourth-order valence-electron chi connectivity index (χ4n) is 3.78. The Morgan fingerprint density at radius 2 is 1.89 bits per heavy atom. The van der Waals surface area contributed by atoms with Gasteiger partial charge in [0, 0.05) is 36.3 Å². The van der Waals surface area contributed by atoms with E-state index < -0.39 is 0 Å². The molecule has 144 valence electrons. The Hall–Kier alpha value is -2.86. The number of hydrogen-bond acceptors (Lipinski definition) is 4. The number of nitrogens with one attached hydrogen (secondary N) is 1. The first-order chi connectivity index (χ1) is 13.6. The highest BCUT2D eigenvalue weighted by molar-refractivity contribution is 7.21. The largest absolute Gasteiger partial charge is 0.497 e. The molecule has 1 aliphatic rings. The third-order valence-corrected chi connectivity index (χ3v) is 6.42. The Morgan fingerprint density at radius 1 is 1.14 bits per heavy atom. The van der Waals surface area contributed by atoms with Crippen molar-refractivity contribution in [3.63, 3.8) is 0 Å². The number of benzene rings is 2. The number of rotatable bonds is 4. The molecule has 1 aromatic heterocycles. The standard InChI is InChI=1S/C22H22N2O3S/c1-14(25)24-12-11-15(13-24)20-18-5-3-4-6-19(18)28-21(20)22(26)23-16-7-9-17(27-2)10-8-16/h3-10,15H,11-13H2,1-2H3,(H,23,26). The molecule has 0 radical (unpaired) electrons. The van der Waals surface area contributed by atoms with E-state index >= 15 is 0 Å². The fraction of sp³-hybridized carbons (Fsp3) is 0.273. The minimum Gasteiger partial charge on any atom is -0.497 e. The molecule has 6 heteroatoms. The van der Waals surface area contributed by atoms with E-state index in [-0.39, 0.29) is 17.7 Å². The Labute approximate surface area is 167 Å². The summed E-state index contributed by atoms with van der Waals surface area (Å²) < 4.78 is 6.27. The van der Waals surface area contributed by atoms with Gasteiger partial charge < -0.3 is 15.0 Å². The van der Waals surface area contributed by atoms with Crippen LogP contribution in [0.1, 0.15) is 34.5 Å². The number of methoxy groups -OCH3 is 1. The van der Waals surface area contributed by atoms with Crippen molar-refractivity contribution >= 4 is 38.9 Å². The molecule has 0 aliphatic carbocycles. The van der Waals surface area contributed by atoms with Gasteiger partial charge in [0.05, 0.1) is 12.0 Å². The van der Waals surface area contributed by atoms with E-state index in [0.717, 1.165) is 44.9 Å². The van der Waals surface area contributed by atoms with E-state index in [1.807, 2.05) is 47.4 Å². The van der Waals surface area contributed by atoms with Gasteiger partial charge in [-0.05, 0) is 47.7 Å². The topological polar surface area (TPSA) is 58.6 Å². The summed E-state index contributed by atoms with van der Waals surface area (Å²) in [5.74, 6) is 0.904. The normalized spacial score (nSPS) is 16.4. The van der Waals surface area contributed by atoms with Crippen molar-refractivity contribution in [2.75, 3.05) is 25.5 Å². The molecule has 1 aliphatic heterocycles. The minimum absolute atomic E-state index is 0.0891. The van der Waals surface area contributed by atoms with E-state index in [9.17, 15) is 9.59 Å². The summed E-state index contributed by atoms with van der Waals surface area (Å²) in [6.07, 6.45) is 0.878. The van der Waals surface area contributed by atoms with Gasteiger partial charge in [0.2, 0.25) is 5.91 Å². The highest BCUT2D eigenvalue weighted by Gasteiger charge is 2.31. The van der Waals surface area contributed by atoms with Gasteiger partial charge in [-0.2, -0.15) is 0 Å². The molecule has 0 spiro atoms.